The number of hydrogen-bond acceptors (Lipinski definition) is 4. The van der Waals surface area contributed by atoms with Crippen LogP contribution < -0.4 is 15.8 Å². The third-order valence-corrected chi connectivity index (χ3v) is 4.00. The van der Waals surface area contributed by atoms with Crippen molar-refractivity contribution < 1.29 is 23.5 Å². The lowest BCUT2D eigenvalue weighted by atomic mass is 10.2. The Morgan fingerprint density at radius 3 is 2.65 bits per heavy atom. The molecule has 1 saturated heterocycles. The molecule has 1 aromatic carbocycles. The SMILES string of the molecule is NC(=O)[C@H]1CC[C@H](C(=O)Nc2ccc(F)cc2OCC2CC2)O1. The monoisotopic (exact) mass is 322 g/mol. The number of anilines is 1. The molecule has 1 aliphatic carbocycles. The Kier molecular flexibility index (Phi) is 4.47. The third-order valence-electron chi connectivity index (χ3n) is 4.00. The second-order valence-corrected chi connectivity index (χ2v) is 5.98. The average Bonchev–Trinajstić information content (AvgIpc) is 3.20. The maximum Gasteiger partial charge on any atom is 0.253 e. The molecule has 2 atom stereocenters. The molecule has 1 saturated carbocycles. The summed E-state index contributed by atoms with van der Waals surface area (Å²) in [5, 5.41) is 2.68. The van der Waals surface area contributed by atoms with Crippen molar-refractivity contribution >= 4 is 17.5 Å². The van der Waals surface area contributed by atoms with E-state index in [1.54, 1.807) is 0 Å². The van der Waals surface area contributed by atoms with Crippen LogP contribution in [-0.4, -0.2) is 30.6 Å². The van der Waals surface area contributed by atoms with E-state index in [1.165, 1.54) is 18.2 Å². The van der Waals surface area contributed by atoms with Crippen molar-refractivity contribution in [2.75, 3.05) is 11.9 Å². The summed E-state index contributed by atoms with van der Waals surface area (Å²) in [5.74, 6) is -0.585. The minimum Gasteiger partial charge on any atom is -0.491 e. The fourth-order valence-corrected chi connectivity index (χ4v) is 2.46. The summed E-state index contributed by atoms with van der Waals surface area (Å²) in [6, 6.07) is 3.96. The van der Waals surface area contributed by atoms with Gasteiger partial charge in [-0.2, -0.15) is 0 Å². The van der Waals surface area contributed by atoms with Crippen LogP contribution in [0.3, 0.4) is 0 Å². The topological polar surface area (TPSA) is 90.7 Å². The molecule has 2 aliphatic rings. The van der Waals surface area contributed by atoms with Gasteiger partial charge in [0.25, 0.3) is 5.91 Å². The normalized spacial score (nSPS) is 23.5. The van der Waals surface area contributed by atoms with E-state index < -0.39 is 29.8 Å². The molecule has 1 aromatic rings. The van der Waals surface area contributed by atoms with E-state index in [4.69, 9.17) is 15.2 Å². The highest BCUT2D eigenvalue weighted by atomic mass is 19.1. The number of nitrogens with one attached hydrogen (secondary N) is 1. The third kappa shape index (κ3) is 3.98. The molecule has 0 bridgehead atoms. The summed E-state index contributed by atoms with van der Waals surface area (Å²) in [6.45, 7) is 0.510. The number of carbonyl (C=O) groups is 2. The summed E-state index contributed by atoms with van der Waals surface area (Å²) in [7, 11) is 0. The Morgan fingerprint density at radius 1 is 1.26 bits per heavy atom. The van der Waals surface area contributed by atoms with Crippen LogP contribution in [0.25, 0.3) is 0 Å². The van der Waals surface area contributed by atoms with Crippen molar-refractivity contribution in [3.63, 3.8) is 0 Å². The zero-order valence-corrected chi connectivity index (χ0v) is 12.6. The Labute approximate surface area is 133 Å². The Balaban J connectivity index is 1.64. The van der Waals surface area contributed by atoms with E-state index in [2.05, 4.69) is 5.32 Å². The van der Waals surface area contributed by atoms with Crippen molar-refractivity contribution in [3.8, 4) is 5.75 Å². The predicted molar refractivity (Wildman–Crippen MR) is 80.3 cm³/mol. The standard InChI is InChI=1S/C16H19FN2O4/c17-10-3-4-11(14(7-10)22-8-9-1-2-9)19-16(21)13-6-5-12(23-13)15(18)20/h3-4,7,9,12-13H,1-2,5-6,8H2,(H2,18,20)(H,19,21)/t12-,13-/m1/s1. The molecule has 23 heavy (non-hydrogen) atoms. The van der Waals surface area contributed by atoms with Gasteiger partial charge in [-0.1, -0.05) is 0 Å². The van der Waals surface area contributed by atoms with Crippen LogP contribution >= 0.6 is 0 Å². The van der Waals surface area contributed by atoms with E-state index in [-0.39, 0.29) is 0 Å². The van der Waals surface area contributed by atoms with Gasteiger partial charge in [0, 0.05) is 6.07 Å². The highest BCUT2D eigenvalue weighted by Gasteiger charge is 2.34. The van der Waals surface area contributed by atoms with Crippen LogP contribution in [0.15, 0.2) is 18.2 Å². The van der Waals surface area contributed by atoms with Gasteiger partial charge in [-0.25, -0.2) is 4.39 Å². The molecule has 1 aliphatic heterocycles. The number of carbonyl (C=O) groups excluding carboxylic acids is 2. The minimum atomic E-state index is -0.742. The van der Waals surface area contributed by atoms with Crippen LogP contribution in [0.1, 0.15) is 25.7 Å². The summed E-state index contributed by atoms with van der Waals surface area (Å²) in [4.78, 5) is 23.3. The largest absolute Gasteiger partial charge is 0.491 e. The Bertz CT molecular complexity index is 618. The number of primary amides is 1. The maximum absolute atomic E-state index is 13.4. The number of halogens is 1. The quantitative estimate of drug-likeness (QED) is 0.832. The van der Waals surface area contributed by atoms with Crippen molar-refractivity contribution in [1.29, 1.82) is 0 Å². The lowest BCUT2D eigenvalue weighted by Crippen LogP contribution is -2.32. The number of amides is 2. The number of benzene rings is 1. The van der Waals surface area contributed by atoms with Gasteiger partial charge in [0.1, 0.15) is 23.8 Å². The van der Waals surface area contributed by atoms with E-state index >= 15 is 0 Å². The van der Waals surface area contributed by atoms with Gasteiger partial charge in [-0.3, -0.25) is 9.59 Å². The zero-order valence-electron chi connectivity index (χ0n) is 12.6. The molecular weight excluding hydrogens is 303 g/mol. The molecule has 0 aromatic heterocycles. The van der Waals surface area contributed by atoms with E-state index in [9.17, 15) is 14.0 Å². The van der Waals surface area contributed by atoms with Crippen molar-refractivity contribution in [2.45, 2.75) is 37.9 Å². The summed E-state index contributed by atoms with van der Waals surface area (Å²) < 4.78 is 24.3. The molecule has 3 rings (SSSR count). The lowest BCUT2D eigenvalue weighted by Gasteiger charge is -2.15. The number of nitrogens with two attached hydrogens (primary N) is 1. The minimum absolute atomic E-state index is 0.301. The fourth-order valence-electron chi connectivity index (χ4n) is 2.46. The molecule has 0 unspecified atom stereocenters. The molecule has 3 N–H and O–H groups in total. The molecule has 1 heterocycles. The van der Waals surface area contributed by atoms with Gasteiger partial charge < -0.3 is 20.5 Å². The van der Waals surface area contributed by atoms with Gasteiger partial charge in [0.2, 0.25) is 5.91 Å². The summed E-state index contributed by atoms with van der Waals surface area (Å²) in [5.41, 5.74) is 5.56. The molecule has 0 radical (unpaired) electrons. The highest BCUT2D eigenvalue weighted by Crippen LogP contribution is 2.32. The molecular formula is C16H19FN2O4. The number of ether oxygens (including phenoxy) is 2. The Morgan fingerprint density at radius 2 is 2.00 bits per heavy atom. The molecule has 6 nitrogen and oxygen atoms in total. The van der Waals surface area contributed by atoms with E-state index in [0.29, 0.717) is 36.8 Å². The fraction of sp³-hybridized carbons (Fsp3) is 0.500. The number of hydrogen-bond donors (Lipinski definition) is 2. The molecule has 7 heteroatoms. The van der Waals surface area contributed by atoms with Gasteiger partial charge >= 0.3 is 0 Å². The summed E-state index contributed by atoms with van der Waals surface area (Å²) >= 11 is 0. The summed E-state index contributed by atoms with van der Waals surface area (Å²) in [6.07, 6.45) is 1.59. The second-order valence-electron chi connectivity index (χ2n) is 5.98. The second kappa shape index (κ2) is 6.54. The van der Waals surface area contributed by atoms with Gasteiger partial charge in [-0.05, 0) is 43.7 Å². The highest BCUT2D eigenvalue weighted by molar-refractivity contribution is 5.96. The maximum atomic E-state index is 13.4. The first-order valence-corrected chi connectivity index (χ1v) is 7.71. The molecule has 2 amide bonds. The van der Waals surface area contributed by atoms with Gasteiger partial charge in [0.15, 0.2) is 0 Å². The first-order chi connectivity index (χ1) is 11.0. The Hall–Kier alpha value is -2.15. The van der Waals surface area contributed by atoms with Crippen LogP contribution in [0, 0.1) is 11.7 Å². The average molecular weight is 322 g/mol. The van der Waals surface area contributed by atoms with E-state index in [1.807, 2.05) is 0 Å². The first-order valence-electron chi connectivity index (χ1n) is 7.71. The predicted octanol–water partition coefficient (Wildman–Crippen LogP) is 1.59. The van der Waals surface area contributed by atoms with Crippen molar-refractivity contribution in [2.24, 2.45) is 11.7 Å². The van der Waals surface area contributed by atoms with Gasteiger partial charge in [-0.15, -0.1) is 0 Å². The van der Waals surface area contributed by atoms with Gasteiger partial charge in [0.05, 0.1) is 12.3 Å². The molecule has 124 valence electrons. The van der Waals surface area contributed by atoms with Crippen LogP contribution in [0.4, 0.5) is 10.1 Å². The first kappa shape index (κ1) is 15.7. The smallest absolute Gasteiger partial charge is 0.253 e. The van der Waals surface area contributed by atoms with Crippen LogP contribution in [0.5, 0.6) is 5.75 Å². The van der Waals surface area contributed by atoms with Crippen LogP contribution in [0.2, 0.25) is 0 Å². The number of rotatable bonds is 6. The molecule has 0 spiro atoms. The zero-order chi connectivity index (χ0) is 16.4. The molecule has 2 fully saturated rings. The van der Waals surface area contributed by atoms with Crippen molar-refractivity contribution in [3.05, 3.63) is 24.0 Å². The lowest BCUT2D eigenvalue weighted by molar-refractivity contribution is -0.134. The van der Waals surface area contributed by atoms with Crippen molar-refractivity contribution in [1.82, 2.24) is 0 Å². The van der Waals surface area contributed by atoms with E-state index in [0.717, 1.165) is 12.8 Å². The van der Waals surface area contributed by atoms with Crippen LogP contribution in [-0.2, 0) is 14.3 Å².